The maximum Gasteiger partial charge on any atom is 0.252 e. The molecule has 1 saturated heterocycles. The molecule has 9 heteroatoms. The maximum absolute atomic E-state index is 13.0. The van der Waals surface area contributed by atoms with Gasteiger partial charge < -0.3 is 14.6 Å². The highest BCUT2D eigenvalue weighted by Crippen LogP contribution is 2.45. The molecular weight excluding hydrogens is 474 g/mol. The first kappa shape index (κ1) is 19.2. The summed E-state index contributed by atoms with van der Waals surface area (Å²) in [5.41, 5.74) is 2.96. The Balaban J connectivity index is 1.46. The molecule has 29 heavy (non-hydrogen) atoms. The Kier molecular flexibility index (Phi) is 4.54. The van der Waals surface area contributed by atoms with Gasteiger partial charge in [0.05, 0.1) is 27.8 Å². The van der Waals surface area contributed by atoms with Crippen LogP contribution in [0.2, 0.25) is 0 Å². The highest BCUT2D eigenvalue weighted by Gasteiger charge is 2.44. The van der Waals surface area contributed by atoms with Gasteiger partial charge >= 0.3 is 0 Å². The summed E-state index contributed by atoms with van der Waals surface area (Å²) in [4.78, 5) is 0. The van der Waals surface area contributed by atoms with Crippen molar-refractivity contribution >= 4 is 43.0 Å². The number of hydrogen-bond donors (Lipinski definition) is 1. The molecule has 0 bridgehead atoms. The Morgan fingerprint density at radius 1 is 1.17 bits per heavy atom. The number of benzene rings is 1. The lowest BCUT2D eigenvalue weighted by Gasteiger charge is -2.45. The Bertz CT molecular complexity index is 1180. The molecule has 6 nitrogen and oxygen atoms in total. The van der Waals surface area contributed by atoms with Gasteiger partial charge in [0.1, 0.15) is 9.96 Å². The zero-order valence-electron chi connectivity index (χ0n) is 15.8. The third-order valence-corrected chi connectivity index (χ3v) is 9.78. The van der Waals surface area contributed by atoms with Crippen LogP contribution in [0.3, 0.4) is 0 Å². The van der Waals surface area contributed by atoms with Crippen LogP contribution in [0.1, 0.15) is 18.5 Å². The van der Waals surface area contributed by atoms with Crippen molar-refractivity contribution in [3.63, 3.8) is 0 Å². The predicted molar refractivity (Wildman–Crippen MR) is 118 cm³/mol. The number of methoxy groups -OCH3 is 1. The van der Waals surface area contributed by atoms with E-state index >= 15 is 0 Å². The molecule has 1 spiro atoms. The molecular formula is C20H20BrN3O3S2. The van der Waals surface area contributed by atoms with Gasteiger partial charge in [0, 0.05) is 31.0 Å². The van der Waals surface area contributed by atoms with Crippen molar-refractivity contribution in [2.45, 2.75) is 22.6 Å². The average molecular weight is 494 g/mol. The Labute approximate surface area is 182 Å². The third kappa shape index (κ3) is 3.02. The van der Waals surface area contributed by atoms with E-state index in [2.05, 4.69) is 38.1 Å². The van der Waals surface area contributed by atoms with Gasteiger partial charge in [-0.15, -0.1) is 11.3 Å². The molecule has 2 aromatic heterocycles. The molecule has 1 fully saturated rings. The van der Waals surface area contributed by atoms with E-state index in [0.717, 1.165) is 20.9 Å². The number of aromatic nitrogens is 1. The molecule has 3 aromatic rings. The molecule has 2 aliphatic heterocycles. The molecule has 152 valence electrons. The molecule has 0 saturated carbocycles. The van der Waals surface area contributed by atoms with E-state index in [9.17, 15) is 8.42 Å². The molecule has 0 atom stereocenters. The summed E-state index contributed by atoms with van der Waals surface area (Å²) < 4.78 is 36.5. The molecule has 0 unspecified atom stereocenters. The number of ether oxygens (including phenoxy) is 1. The van der Waals surface area contributed by atoms with Crippen molar-refractivity contribution < 1.29 is 13.2 Å². The van der Waals surface area contributed by atoms with Crippen LogP contribution in [-0.4, -0.2) is 37.5 Å². The lowest BCUT2D eigenvalue weighted by atomic mass is 9.83. The molecule has 0 amide bonds. The number of piperidine rings is 1. The highest BCUT2D eigenvalue weighted by atomic mass is 79.9. The maximum atomic E-state index is 13.0. The Morgan fingerprint density at radius 2 is 1.97 bits per heavy atom. The van der Waals surface area contributed by atoms with E-state index in [0.29, 0.717) is 30.1 Å². The molecule has 2 aliphatic rings. The number of rotatable bonds is 3. The molecule has 1 aromatic carbocycles. The monoisotopic (exact) mass is 493 g/mol. The number of nitrogens with zero attached hydrogens (tertiary/aromatic N) is 2. The summed E-state index contributed by atoms with van der Waals surface area (Å²) in [6.45, 7) is 0.935. The summed E-state index contributed by atoms with van der Waals surface area (Å²) in [7, 11) is -1.80. The largest absolute Gasteiger partial charge is 0.497 e. The average Bonchev–Trinajstić information content (AvgIpc) is 3.38. The van der Waals surface area contributed by atoms with Crippen LogP contribution < -0.4 is 10.1 Å². The van der Waals surface area contributed by atoms with Crippen LogP contribution in [0.5, 0.6) is 5.75 Å². The summed E-state index contributed by atoms with van der Waals surface area (Å²) in [5, 5.41) is 3.72. The van der Waals surface area contributed by atoms with E-state index in [4.69, 9.17) is 4.74 Å². The molecule has 1 N–H and O–H groups in total. The van der Waals surface area contributed by atoms with E-state index < -0.39 is 10.0 Å². The van der Waals surface area contributed by atoms with E-state index in [1.165, 1.54) is 17.0 Å². The van der Waals surface area contributed by atoms with Crippen molar-refractivity contribution in [1.29, 1.82) is 0 Å². The van der Waals surface area contributed by atoms with Gasteiger partial charge in [-0.1, -0.05) is 0 Å². The van der Waals surface area contributed by atoms with Gasteiger partial charge in [-0.05, 0) is 65.2 Å². The first-order valence-electron chi connectivity index (χ1n) is 9.33. The van der Waals surface area contributed by atoms with Gasteiger partial charge in [-0.25, -0.2) is 8.42 Å². The van der Waals surface area contributed by atoms with Crippen molar-refractivity contribution in [2.24, 2.45) is 0 Å². The fourth-order valence-corrected chi connectivity index (χ4v) is 7.91. The number of fused-ring (bicyclic) bond motifs is 4. The number of nitrogens with one attached hydrogen (secondary N) is 1. The first-order valence-corrected chi connectivity index (χ1v) is 12.4. The van der Waals surface area contributed by atoms with Crippen LogP contribution in [-0.2, 0) is 15.6 Å². The van der Waals surface area contributed by atoms with E-state index in [1.54, 1.807) is 23.5 Å². The minimum atomic E-state index is -3.46. The molecule has 0 radical (unpaired) electrons. The zero-order valence-corrected chi connectivity index (χ0v) is 19.0. The van der Waals surface area contributed by atoms with Crippen LogP contribution in [0.4, 0.5) is 5.69 Å². The third-order valence-electron chi connectivity index (χ3n) is 5.79. The van der Waals surface area contributed by atoms with E-state index in [1.807, 2.05) is 24.3 Å². The quantitative estimate of drug-likeness (QED) is 0.586. The normalized spacial score (nSPS) is 18.1. The summed E-state index contributed by atoms with van der Waals surface area (Å²) in [6, 6.07) is 13.6. The minimum absolute atomic E-state index is 0.301. The Morgan fingerprint density at radius 3 is 2.66 bits per heavy atom. The standard InChI is InChI=1S/C20H20BrN3O3S2/c1-27-14-4-5-16-15(13-14)22-20(17-3-2-10-24(16)17)8-11-23(12-9-20)29(25,26)19-7-6-18(21)28-19/h2-7,10,13,22H,8-9,11-12H2,1H3. The van der Waals surface area contributed by atoms with Crippen molar-refractivity contribution in [1.82, 2.24) is 8.87 Å². The molecule has 5 rings (SSSR count). The SMILES string of the molecule is COc1ccc2c(c1)NC1(CCN(S(=O)(=O)c3ccc(Br)s3)CC1)c1cccn1-2. The lowest BCUT2D eigenvalue weighted by Crippen LogP contribution is -2.50. The van der Waals surface area contributed by atoms with Crippen molar-refractivity contribution in [3.8, 4) is 11.4 Å². The molecule has 4 heterocycles. The number of hydrogen-bond acceptors (Lipinski definition) is 5. The van der Waals surface area contributed by atoms with Crippen LogP contribution in [0.15, 0.2) is 56.7 Å². The van der Waals surface area contributed by atoms with Crippen LogP contribution >= 0.6 is 27.3 Å². The minimum Gasteiger partial charge on any atom is -0.497 e. The van der Waals surface area contributed by atoms with Crippen LogP contribution in [0.25, 0.3) is 5.69 Å². The van der Waals surface area contributed by atoms with Crippen molar-refractivity contribution in [2.75, 3.05) is 25.5 Å². The van der Waals surface area contributed by atoms with Gasteiger partial charge in [-0.2, -0.15) is 4.31 Å². The zero-order chi connectivity index (χ0) is 20.2. The highest BCUT2D eigenvalue weighted by molar-refractivity contribution is 9.11. The number of sulfonamides is 1. The van der Waals surface area contributed by atoms with Crippen molar-refractivity contribution in [3.05, 3.63) is 58.1 Å². The Hall–Kier alpha value is -1.81. The van der Waals surface area contributed by atoms with Gasteiger partial charge in [-0.3, -0.25) is 0 Å². The number of halogens is 1. The summed E-state index contributed by atoms with van der Waals surface area (Å²) in [6.07, 6.45) is 3.45. The van der Waals surface area contributed by atoms with Crippen LogP contribution in [0, 0.1) is 0 Å². The molecule has 0 aliphatic carbocycles. The van der Waals surface area contributed by atoms with E-state index in [-0.39, 0.29) is 5.54 Å². The summed E-state index contributed by atoms with van der Waals surface area (Å²) >= 11 is 4.61. The lowest BCUT2D eigenvalue weighted by molar-refractivity contribution is 0.247. The number of anilines is 1. The fourth-order valence-electron chi connectivity index (χ4n) is 4.31. The number of thiophene rings is 1. The second-order valence-electron chi connectivity index (χ2n) is 7.32. The van der Waals surface area contributed by atoms with Gasteiger partial charge in [0.15, 0.2) is 0 Å². The second-order valence-corrected chi connectivity index (χ2v) is 11.9. The van der Waals surface area contributed by atoms with Gasteiger partial charge in [0.25, 0.3) is 10.0 Å². The van der Waals surface area contributed by atoms with Gasteiger partial charge in [0.2, 0.25) is 0 Å². The second kappa shape index (κ2) is 6.87. The fraction of sp³-hybridized carbons (Fsp3) is 0.300. The predicted octanol–water partition coefficient (Wildman–Crippen LogP) is 4.42. The topological polar surface area (TPSA) is 63.6 Å². The smallest absolute Gasteiger partial charge is 0.252 e. The first-order chi connectivity index (χ1) is 13.9. The summed E-state index contributed by atoms with van der Waals surface area (Å²) in [5.74, 6) is 0.797.